The first-order valence-corrected chi connectivity index (χ1v) is 14.6. The van der Waals surface area contributed by atoms with E-state index in [1.807, 2.05) is 50.8 Å². The van der Waals surface area contributed by atoms with Gasteiger partial charge in [-0.1, -0.05) is 51.0 Å². The number of aromatic nitrogens is 1. The topological polar surface area (TPSA) is 63.6 Å². The fraction of sp³-hybridized carbons (Fsp3) is 0.515. The number of unbranched alkanes of at least 4 members (excludes halogenated alkanes) is 1. The maximum Gasteiger partial charge on any atom is 0.408 e. The molecule has 216 valence electrons. The van der Waals surface area contributed by atoms with Crippen molar-refractivity contribution in [2.24, 2.45) is 5.92 Å². The van der Waals surface area contributed by atoms with Crippen molar-refractivity contribution in [2.75, 3.05) is 6.54 Å². The minimum absolute atomic E-state index is 0.0238. The molecule has 40 heavy (non-hydrogen) atoms. The molecule has 1 unspecified atom stereocenters. The molecule has 3 aromatic rings. The van der Waals surface area contributed by atoms with Gasteiger partial charge in [0.2, 0.25) is 5.91 Å². The van der Waals surface area contributed by atoms with Crippen LogP contribution in [0.3, 0.4) is 0 Å². The maximum absolute atomic E-state index is 14.4. The van der Waals surface area contributed by atoms with Crippen LogP contribution in [0.1, 0.15) is 72.3 Å². The zero-order valence-corrected chi connectivity index (χ0v) is 24.8. The molecule has 2 aromatic carbocycles. The molecular weight excluding hydrogens is 505 g/mol. The maximum atomic E-state index is 14.4. The highest BCUT2D eigenvalue weighted by Crippen LogP contribution is 2.34. The Bertz CT molecular complexity index is 1340. The second kappa shape index (κ2) is 12.4. The summed E-state index contributed by atoms with van der Waals surface area (Å²) in [7, 11) is 0. The number of rotatable bonds is 9. The van der Waals surface area contributed by atoms with Crippen LogP contribution >= 0.6 is 0 Å². The van der Waals surface area contributed by atoms with Crippen molar-refractivity contribution in [3.8, 4) is 11.1 Å². The molecule has 2 amide bonds. The largest absolute Gasteiger partial charge is 0.444 e. The molecule has 1 aliphatic heterocycles. The number of likely N-dealkylation sites (tertiary alicyclic amines) is 1. The molecule has 1 aliphatic rings. The van der Waals surface area contributed by atoms with E-state index in [9.17, 15) is 14.0 Å². The summed E-state index contributed by atoms with van der Waals surface area (Å²) in [4.78, 5) is 28.7. The molecule has 0 saturated carbocycles. The average molecular weight is 550 g/mol. The summed E-state index contributed by atoms with van der Waals surface area (Å²) >= 11 is 0. The Kier molecular flexibility index (Phi) is 9.22. The smallest absolute Gasteiger partial charge is 0.408 e. The van der Waals surface area contributed by atoms with E-state index in [1.54, 1.807) is 6.07 Å². The first-order valence-electron chi connectivity index (χ1n) is 14.6. The van der Waals surface area contributed by atoms with Crippen molar-refractivity contribution < 1.29 is 18.7 Å². The van der Waals surface area contributed by atoms with Crippen molar-refractivity contribution in [1.82, 2.24) is 14.8 Å². The van der Waals surface area contributed by atoms with E-state index in [1.165, 1.54) is 6.07 Å². The predicted molar refractivity (Wildman–Crippen MR) is 159 cm³/mol. The van der Waals surface area contributed by atoms with E-state index >= 15 is 0 Å². The highest BCUT2D eigenvalue weighted by atomic mass is 19.1. The zero-order valence-electron chi connectivity index (χ0n) is 24.8. The molecule has 6 nitrogen and oxygen atoms in total. The van der Waals surface area contributed by atoms with Crippen LogP contribution in [0.25, 0.3) is 22.0 Å². The third-order valence-corrected chi connectivity index (χ3v) is 7.87. The minimum atomic E-state index is -0.653. The van der Waals surface area contributed by atoms with E-state index in [-0.39, 0.29) is 23.7 Å². The first-order chi connectivity index (χ1) is 19.0. The molecule has 0 radical (unpaired) electrons. The fourth-order valence-corrected chi connectivity index (χ4v) is 5.81. The van der Waals surface area contributed by atoms with E-state index in [0.29, 0.717) is 13.1 Å². The van der Waals surface area contributed by atoms with Gasteiger partial charge in [-0.3, -0.25) is 4.79 Å². The third-order valence-electron chi connectivity index (χ3n) is 7.87. The van der Waals surface area contributed by atoms with Gasteiger partial charge in [-0.15, -0.1) is 0 Å². The van der Waals surface area contributed by atoms with E-state index in [0.717, 1.165) is 59.7 Å². The number of alkyl carbamates (subject to hydrolysis) is 1. The van der Waals surface area contributed by atoms with Gasteiger partial charge in [0.25, 0.3) is 0 Å². The summed E-state index contributed by atoms with van der Waals surface area (Å²) < 4.78 is 22.0. The van der Waals surface area contributed by atoms with Crippen molar-refractivity contribution in [1.29, 1.82) is 0 Å². The highest BCUT2D eigenvalue weighted by Gasteiger charge is 2.37. The second-order valence-electron chi connectivity index (χ2n) is 12.2. The van der Waals surface area contributed by atoms with Crippen molar-refractivity contribution in [3.63, 3.8) is 0 Å². The SMILES string of the molecule is CCCCC(C)[C@H](NC(=O)OC(C)(C)C)C(=O)N1CCC[C@H]1Cn1cc(-c2ccccc2C)c2cc(F)ccc21. The molecule has 1 saturated heterocycles. The standard InChI is InChI=1S/C33H44FN3O3/c1-7-8-12-23(3)30(35-32(39)40-33(4,5)6)31(38)37-18-11-14-25(37)20-36-21-28(26-15-10-9-13-22(26)2)27-19-24(34)16-17-29(27)36/h9-10,13,15-17,19,21,23,25,30H,7-8,11-12,14,18,20H2,1-6H3,(H,35,39)/t23?,25-,30-/m0/s1. The van der Waals surface area contributed by atoms with Gasteiger partial charge in [-0.05, 0) is 82.2 Å². The van der Waals surface area contributed by atoms with E-state index in [2.05, 4.69) is 42.1 Å². The molecule has 1 N–H and O–H groups in total. The molecule has 0 spiro atoms. The lowest BCUT2D eigenvalue weighted by molar-refractivity contribution is -0.135. The Morgan fingerprint density at radius 2 is 1.90 bits per heavy atom. The molecule has 2 heterocycles. The number of aryl methyl sites for hydroxylation is 1. The third kappa shape index (κ3) is 6.86. The van der Waals surface area contributed by atoms with Gasteiger partial charge < -0.3 is 19.5 Å². The van der Waals surface area contributed by atoms with Crippen LogP contribution in [0.15, 0.2) is 48.7 Å². The molecule has 0 bridgehead atoms. The van der Waals surface area contributed by atoms with Gasteiger partial charge in [0.05, 0.1) is 0 Å². The molecule has 3 atom stereocenters. The van der Waals surface area contributed by atoms with Crippen LogP contribution in [0.4, 0.5) is 9.18 Å². The van der Waals surface area contributed by atoms with Crippen LogP contribution in [0.5, 0.6) is 0 Å². The lowest BCUT2D eigenvalue weighted by Gasteiger charge is -2.33. The number of hydrogen-bond acceptors (Lipinski definition) is 3. The van der Waals surface area contributed by atoms with Gasteiger partial charge >= 0.3 is 6.09 Å². The summed E-state index contributed by atoms with van der Waals surface area (Å²) in [5.41, 5.74) is 3.48. The molecular formula is C33H44FN3O3. The van der Waals surface area contributed by atoms with Crippen molar-refractivity contribution in [2.45, 2.75) is 97.9 Å². The number of benzene rings is 2. The average Bonchev–Trinajstić information content (AvgIpc) is 3.49. The molecule has 4 rings (SSSR count). The van der Waals surface area contributed by atoms with Gasteiger partial charge in [-0.2, -0.15) is 0 Å². The molecule has 0 aliphatic carbocycles. The van der Waals surface area contributed by atoms with Gasteiger partial charge in [-0.25, -0.2) is 9.18 Å². The van der Waals surface area contributed by atoms with Gasteiger partial charge in [0.15, 0.2) is 0 Å². The number of amides is 2. The number of hydrogen-bond donors (Lipinski definition) is 1. The first kappa shape index (κ1) is 29.6. The molecule has 7 heteroatoms. The summed E-state index contributed by atoms with van der Waals surface area (Å²) in [5.74, 6) is -0.349. The second-order valence-corrected chi connectivity index (χ2v) is 12.2. The number of carbonyl (C=O) groups is 2. The summed E-state index contributed by atoms with van der Waals surface area (Å²) in [6.07, 6.45) is 6.15. The number of ether oxygens (including phenoxy) is 1. The Morgan fingerprint density at radius 1 is 1.15 bits per heavy atom. The Balaban J connectivity index is 1.62. The van der Waals surface area contributed by atoms with Crippen LogP contribution in [-0.2, 0) is 16.1 Å². The van der Waals surface area contributed by atoms with Crippen LogP contribution in [0.2, 0.25) is 0 Å². The normalized spacial score (nSPS) is 17.2. The van der Waals surface area contributed by atoms with Crippen LogP contribution in [0, 0.1) is 18.7 Å². The minimum Gasteiger partial charge on any atom is -0.444 e. The Labute approximate surface area is 237 Å². The molecule has 1 aromatic heterocycles. The summed E-state index contributed by atoms with van der Waals surface area (Å²) in [6, 6.07) is 12.4. The number of halogens is 1. The summed E-state index contributed by atoms with van der Waals surface area (Å²) in [5, 5.41) is 3.77. The number of nitrogens with zero attached hydrogens (tertiary/aromatic N) is 2. The summed E-state index contributed by atoms with van der Waals surface area (Å²) in [6.45, 7) is 12.9. The van der Waals surface area contributed by atoms with Crippen LogP contribution in [-0.4, -0.2) is 45.7 Å². The highest BCUT2D eigenvalue weighted by molar-refractivity contribution is 5.97. The van der Waals surface area contributed by atoms with E-state index < -0.39 is 17.7 Å². The van der Waals surface area contributed by atoms with Crippen molar-refractivity contribution >= 4 is 22.9 Å². The van der Waals surface area contributed by atoms with Gasteiger partial charge in [0, 0.05) is 41.8 Å². The number of nitrogens with one attached hydrogen (secondary N) is 1. The van der Waals surface area contributed by atoms with Crippen LogP contribution < -0.4 is 5.32 Å². The molecule has 1 fully saturated rings. The number of fused-ring (bicyclic) bond motifs is 1. The zero-order chi connectivity index (χ0) is 29.0. The Hall–Kier alpha value is -3.35. The Morgan fingerprint density at radius 3 is 2.60 bits per heavy atom. The van der Waals surface area contributed by atoms with E-state index in [4.69, 9.17) is 4.74 Å². The fourth-order valence-electron chi connectivity index (χ4n) is 5.81. The monoisotopic (exact) mass is 549 g/mol. The quantitative estimate of drug-likeness (QED) is 0.301. The lowest BCUT2D eigenvalue weighted by Crippen LogP contribution is -2.54. The van der Waals surface area contributed by atoms with Crippen molar-refractivity contribution in [3.05, 3.63) is 60.0 Å². The predicted octanol–water partition coefficient (Wildman–Crippen LogP) is 7.47. The number of carbonyl (C=O) groups excluding carboxylic acids is 2. The van der Waals surface area contributed by atoms with Gasteiger partial charge in [0.1, 0.15) is 17.5 Å². The lowest BCUT2D eigenvalue weighted by atomic mass is 9.94.